The van der Waals surface area contributed by atoms with E-state index in [2.05, 4.69) is 17.1 Å². The molecule has 2 N–H and O–H groups in total. The van der Waals surface area contributed by atoms with E-state index in [9.17, 15) is 8.42 Å². The van der Waals surface area contributed by atoms with E-state index in [-0.39, 0.29) is 4.90 Å². The summed E-state index contributed by atoms with van der Waals surface area (Å²) < 4.78 is 31.0. The number of nitrogens with one attached hydrogen (secondary N) is 1. The molecule has 1 aliphatic rings. The first-order valence-electron chi connectivity index (χ1n) is 6.57. The van der Waals surface area contributed by atoms with Crippen LogP contribution in [-0.4, -0.2) is 38.6 Å². The third kappa shape index (κ3) is 3.46. The summed E-state index contributed by atoms with van der Waals surface area (Å²) in [7, 11) is -4.11. The molecule has 0 radical (unpaired) electrons. The second-order valence-corrected chi connectivity index (χ2v) is 6.16. The molecular formula is C13H20N2O3S. The molecule has 1 aromatic carbocycles. The lowest BCUT2D eigenvalue weighted by atomic mass is 10.0. The molecule has 1 fully saturated rings. The van der Waals surface area contributed by atoms with Crippen LogP contribution >= 0.6 is 0 Å². The molecule has 1 aliphatic heterocycles. The number of anilines is 1. The van der Waals surface area contributed by atoms with Gasteiger partial charge in [0.1, 0.15) is 0 Å². The molecule has 1 heterocycles. The topological polar surface area (TPSA) is 69.6 Å². The SMILES string of the molecule is CCN(c1ccc(S(=O)(=O)O)cc1)C1CCNCC1. The van der Waals surface area contributed by atoms with E-state index in [0.29, 0.717) is 6.04 Å². The normalized spacial score (nSPS) is 17.4. The third-order valence-corrected chi connectivity index (χ3v) is 4.42. The highest BCUT2D eigenvalue weighted by atomic mass is 32.2. The van der Waals surface area contributed by atoms with Crippen molar-refractivity contribution in [3.05, 3.63) is 24.3 Å². The number of benzene rings is 1. The summed E-state index contributed by atoms with van der Waals surface area (Å²) in [5, 5.41) is 3.34. The molecule has 5 nitrogen and oxygen atoms in total. The molecule has 0 saturated carbocycles. The lowest BCUT2D eigenvalue weighted by Crippen LogP contribution is -2.43. The third-order valence-electron chi connectivity index (χ3n) is 3.56. The molecule has 0 bridgehead atoms. The second-order valence-electron chi connectivity index (χ2n) is 4.74. The van der Waals surface area contributed by atoms with Gasteiger partial charge in [0.2, 0.25) is 0 Å². The van der Waals surface area contributed by atoms with Gasteiger partial charge in [0.25, 0.3) is 10.1 Å². The number of hydrogen-bond donors (Lipinski definition) is 2. The average molecular weight is 284 g/mol. The van der Waals surface area contributed by atoms with Crippen LogP contribution in [0.2, 0.25) is 0 Å². The monoisotopic (exact) mass is 284 g/mol. The molecule has 0 atom stereocenters. The van der Waals surface area contributed by atoms with Crippen LogP contribution in [0.4, 0.5) is 5.69 Å². The van der Waals surface area contributed by atoms with Gasteiger partial charge in [-0.2, -0.15) is 8.42 Å². The van der Waals surface area contributed by atoms with E-state index < -0.39 is 10.1 Å². The van der Waals surface area contributed by atoms with Gasteiger partial charge < -0.3 is 10.2 Å². The highest BCUT2D eigenvalue weighted by Gasteiger charge is 2.20. The molecule has 6 heteroatoms. The fraction of sp³-hybridized carbons (Fsp3) is 0.538. The van der Waals surface area contributed by atoms with Crippen LogP contribution in [-0.2, 0) is 10.1 Å². The van der Waals surface area contributed by atoms with E-state index in [1.807, 2.05) is 0 Å². The van der Waals surface area contributed by atoms with E-state index in [0.717, 1.165) is 38.2 Å². The Hall–Kier alpha value is -1.11. The highest BCUT2D eigenvalue weighted by molar-refractivity contribution is 7.85. The van der Waals surface area contributed by atoms with Crippen LogP contribution in [0.5, 0.6) is 0 Å². The van der Waals surface area contributed by atoms with Crippen LogP contribution in [0.15, 0.2) is 29.2 Å². The Kier molecular flexibility index (Phi) is 4.44. The van der Waals surface area contributed by atoms with Gasteiger partial charge in [-0.25, -0.2) is 0 Å². The summed E-state index contributed by atoms with van der Waals surface area (Å²) in [6.07, 6.45) is 2.18. The maximum Gasteiger partial charge on any atom is 0.294 e. The minimum absolute atomic E-state index is 0.0578. The van der Waals surface area contributed by atoms with Gasteiger partial charge in [0.05, 0.1) is 4.90 Å². The quantitative estimate of drug-likeness (QED) is 0.820. The first kappa shape index (κ1) is 14.3. The summed E-state index contributed by atoms with van der Waals surface area (Å²) in [5.74, 6) is 0. The Balaban J connectivity index is 2.19. The molecule has 0 unspecified atom stereocenters. The van der Waals surface area contributed by atoms with Gasteiger partial charge in [-0.15, -0.1) is 0 Å². The fourth-order valence-corrected chi connectivity index (χ4v) is 3.06. The van der Waals surface area contributed by atoms with Crippen LogP contribution in [0.1, 0.15) is 19.8 Å². The Morgan fingerprint density at radius 1 is 1.26 bits per heavy atom. The highest BCUT2D eigenvalue weighted by Crippen LogP contribution is 2.23. The predicted molar refractivity (Wildman–Crippen MR) is 75.2 cm³/mol. The largest absolute Gasteiger partial charge is 0.369 e. The van der Waals surface area contributed by atoms with Crippen molar-refractivity contribution in [2.24, 2.45) is 0 Å². The molecule has 2 rings (SSSR count). The van der Waals surface area contributed by atoms with Crippen LogP contribution in [0.3, 0.4) is 0 Å². The molecule has 0 spiro atoms. The number of rotatable bonds is 4. The Morgan fingerprint density at radius 2 is 1.84 bits per heavy atom. The van der Waals surface area contributed by atoms with Gasteiger partial charge in [-0.05, 0) is 57.1 Å². The molecule has 0 aliphatic carbocycles. The molecule has 0 aromatic heterocycles. The fourth-order valence-electron chi connectivity index (χ4n) is 2.58. The lowest BCUT2D eigenvalue weighted by Gasteiger charge is -2.35. The molecule has 1 aromatic rings. The minimum atomic E-state index is -4.11. The van der Waals surface area contributed by atoms with Crippen molar-refractivity contribution in [1.29, 1.82) is 0 Å². The van der Waals surface area contributed by atoms with Crippen molar-refractivity contribution in [1.82, 2.24) is 5.32 Å². The smallest absolute Gasteiger partial charge is 0.294 e. The van der Waals surface area contributed by atoms with E-state index in [1.165, 1.54) is 12.1 Å². The Labute approximate surface area is 114 Å². The van der Waals surface area contributed by atoms with Crippen molar-refractivity contribution in [2.75, 3.05) is 24.5 Å². The van der Waals surface area contributed by atoms with Crippen molar-refractivity contribution in [3.63, 3.8) is 0 Å². The van der Waals surface area contributed by atoms with Crippen LogP contribution in [0.25, 0.3) is 0 Å². The molecule has 106 valence electrons. The van der Waals surface area contributed by atoms with E-state index in [4.69, 9.17) is 4.55 Å². The standard InChI is InChI=1S/C13H20N2O3S/c1-2-15(12-7-9-14-10-8-12)11-3-5-13(6-4-11)19(16,17)18/h3-6,12,14H,2,7-10H2,1H3,(H,16,17,18). The van der Waals surface area contributed by atoms with E-state index >= 15 is 0 Å². The first-order valence-corrected chi connectivity index (χ1v) is 8.01. The Morgan fingerprint density at radius 3 is 2.32 bits per heavy atom. The molecule has 1 saturated heterocycles. The summed E-state index contributed by atoms with van der Waals surface area (Å²) in [6.45, 7) is 5.02. The average Bonchev–Trinajstić information content (AvgIpc) is 2.40. The van der Waals surface area contributed by atoms with Gasteiger partial charge in [-0.3, -0.25) is 4.55 Å². The van der Waals surface area contributed by atoms with Gasteiger partial charge in [0.15, 0.2) is 0 Å². The van der Waals surface area contributed by atoms with E-state index in [1.54, 1.807) is 12.1 Å². The first-order chi connectivity index (χ1) is 9.02. The zero-order valence-electron chi connectivity index (χ0n) is 11.0. The predicted octanol–water partition coefficient (Wildman–Crippen LogP) is 1.51. The number of piperidine rings is 1. The number of hydrogen-bond acceptors (Lipinski definition) is 4. The van der Waals surface area contributed by atoms with Crippen molar-refractivity contribution in [3.8, 4) is 0 Å². The van der Waals surface area contributed by atoms with Crippen molar-refractivity contribution >= 4 is 15.8 Å². The molecule has 19 heavy (non-hydrogen) atoms. The van der Waals surface area contributed by atoms with Gasteiger partial charge >= 0.3 is 0 Å². The van der Waals surface area contributed by atoms with Gasteiger partial charge in [0, 0.05) is 18.3 Å². The lowest BCUT2D eigenvalue weighted by molar-refractivity contribution is 0.433. The second kappa shape index (κ2) is 5.90. The van der Waals surface area contributed by atoms with Crippen LogP contribution in [0, 0.1) is 0 Å². The summed E-state index contributed by atoms with van der Waals surface area (Å²) in [6, 6.07) is 6.91. The minimum Gasteiger partial charge on any atom is -0.369 e. The summed E-state index contributed by atoms with van der Waals surface area (Å²) in [4.78, 5) is 2.23. The van der Waals surface area contributed by atoms with Crippen molar-refractivity contribution < 1.29 is 13.0 Å². The maximum absolute atomic E-state index is 11.0. The van der Waals surface area contributed by atoms with Crippen molar-refractivity contribution in [2.45, 2.75) is 30.7 Å². The molecular weight excluding hydrogens is 264 g/mol. The zero-order valence-corrected chi connectivity index (χ0v) is 11.9. The summed E-state index contributed by atoms with van der Waals surface area (Å²) >= 11 is 0. The molecule has 0 amide bonds. The maximum atomic E-state index is 11.0. The Bertz CT molecular complexity index is 507. The van der Waals surface area contributed by atoms with Crippen LogP contribution < -0.4 is 10.2 Å². The summed E-state index contributed by atoms with van der Waals surface area (Å²) in [5.41, 5.74) is 1.00. The zero-order chi connectivity index (χ0) is 13.9. The number of nitrogens with zero attached hydrogens (tertiary/aromatic N) is 1. The van der Waals surface area contributed by atoms with Gasteiger partial charge in [-0.1, -0.05) is 0 Å².